The standard InChI is InChI=1S/C61H116S3/c1-5-9-13-16-19-22-25-28-31-34-37-40-43-46-49-53-62-59-56-58(52-12-8-4)57-60(63-54-50-47-44-41-38-35-32-29-26-23-20-17-14-10-6-2)61(59)64-55-51-48-45-42-39-36-33-30-27-24-21-18-15-11-7-3/h56-57H,5-55H2,1-4H3. The van der Waals surface area contributed by atoms with Crippen LogP contribution in [-0.2, 0) is 6.42 Å². The lowest BCUT2D eigenvalue weighted by Crippen LogP contribution is -1.95. The summed E-state index contributed by atoms with van der Waals surface area (Å²) in [6.07, 6.45) is 69.0. The number of aryl methyl sites for hydroxylation is 1. The number of benzene rings is 1. The molecule has 0 saturated carbocycles. The van der Waals surface area contributed by atoms with Crippen molar-refractivity contribution in [2.75, 3.05) is 17.3 Å². The Balaban J connectivity index is 2.52. The first-order valence-corrected chi connectivity index (χ1v) is 32.8. The minimum Gasteiger partial charge on any atom is -0.125 e. The molecule has 1 rings (SSSR count). The van der Waals surface area contributed by atoms with Crippen LogP contribution in [0.3, 0.4) is 0 Å². The van der Waals surface area contributed by atoms with Crippen LogP contribution in [0.4, 0.5) is 0 Å². The van der Waals surface area contributed by atoms with Crippen molar-refractivity contribution in [3.05, 3.63) is 17.7 Å². The molecule has 1 aromatic carbocycles. The fourth-order valence-electron chi connectivity index (χ4n) is 9.47. The molecular weight excluding hydrogens is 829 g/mol. The largest absolute Gasteiger partial charge is 0.125 e. The molecule has 0 aromatic heterocycles. The zero-order valence-electron chi connectivity index (χ0n) is 44.4. The van der Waals surface area contributed by atoms with Gasteiger partial charge in [-0.25, -0.2) is 0 Å². The van der Waals surface area contributed by atoms with Crippen molar-refractivity contribution in [3.8, 4) is 0 Å². The van der Waals surface area contributed by atoms with Crippen LogP contribution < -0.4 is 0 Å². The average Bonchev–Trinajstić information content (AvgIpc) is 3.30. The normalized spacial score (nSPS) is 11.7. The topological polar surface area (TPSA) is 0 Å². The van der Waals surface area contributed by atoms with Gasteiger partial charge in [0.25, 0.3) is 0 Å². The molecule has 0 atom stereocenters. The van der Waals surface area contributed by atoms with Crippen LogP contribution in [0, 0.1) is 0 Å². The second-order valence-electron chi connectivity index (χ2n) is 20.4. The summed E-state index contributed by atoms with van der Waals surface area (Å²) < 4.78 is 0. The maximum atomic E-state index is 2.64. The minimum absolute atomic E-state index is 1.25. The highest BCUT2D eigenvalue weighted by Gasteiger charge is 2.14. The molecule has 0 saturated heterocycles. The van der Waals surface area contributed by atoms with Gasteiger partial charge in [-0.2, -0.15) is 0 Å². The third kappa shape index (κ3) is 42.4. The summed E-state index contributed by atoms with van der Waals surface area (Å²) in [5, 5.41) is 0. The molecule has 0 spiro atoms. The van der Waals surface area contributed by atoms with Gasteiger partial charge in [0.15, 0.2) is 0 Å². The SMILES string of the molecule is CCCCCCCCCCCCCCCCCSc1cc(CCCC)cc(SCCCCCCCCCCCCCCCCC)c1SCCCCCCCCCCCCCCCCC. The molecule has 1 aromatic rings. The van der Waals surface area contributed by atoms with Crippen molar-refractivity contribution in [1.29, 1.82) is 0 Å². The first kappa shape index (κ1) is 62.3. The monoisotopic (exact) mass is 945 g/mol. The molecule has 0 nitrogen and oxygen atoms in total. The van der Waals surface area contributed by atoms with Crippen molar-refractivity contribution in [1.82, 2.24) is 0 Å². The van der Waals surface area contributed by atoms with Crippen molar-refractivity contribution in [2.45, 2.75) is 351 Å². The summed E-state index contributed by atoms with van der Waals surface area (Å²) in [6, 6.07) is 5.27. The number of unbranched alkanes of at least 4 members (excludes halogenated alkanes) is 43. The van der Waals surface area contributed by atoms with Crippen LogP contribution in [0.5, 0.6) is 0 Å². The molecule has 0 aliphatic heterocycles. The Kier molecular flexibility index (Phi) is 51.2. The predicted octanol–water partition coefficient (Wildman–Crippen LogP) is 23.9. The fraction of sp³-hybridized carbons (Fsp3) is 0.902. The van der Waals surface area contributed by atoms with Gasteiger partial charge in [0.05, 0.1) is 0 Å². The van der Waals surface area contributed by atoms with E-state index in [1.165, 1.54) is 325 Å². The van der Waals surface area contributed by atoms with Gasteiger partial charge in [0.1, 0.15) is 0 Å². The van der Waals surface area contributed by atoms with Crippen molar-refractivity contribution >= 4 is 35.3 Å². The van der Waals surface area contributed by atoms with E-state index in [1.807, 2.05) is 0 Å². The summed E-state index contributed by atoms with van der Waals surface area (Å²) in [4.78, 5) is 4.91. The van der Waals surface area contributed by atoms with E-state index in [-0.39, 0.29) is 0 Å². The Morgan fingerprint density at radius 1 is 0.234 bits per heavy atom. The zero-order chi connectivity index (χ0) is 45.9. The number of rotatable bonds is 54. The highest BCUT2D eigenvalue weighted by Crippen LogP contribution is 2.41. The van der Waals surface area contributed by atoms with Crippen molar-refractivity contribution < 1.29 is 0 Å². The summed E-state index contributed by atoms with van der Waals surface area (Å²) in [5.74, 6) is 3.89. The van der Waals surface area contributed by atoms with E-state index in [1.54, 1.807) is 20.2 Å². The van der Waals surface area contributed by atoms with Crippen LogP contribution in [0.2, 0.25) is 0 Å². The molecule has 3 heteroatoms. The Morgan fingerprint density at radius 2 is 0.438 bits per heavy atom. The molecule has 64 heavy (non-hydrogen) atoms. The van der Waals surface area contributed by atoms with Gasteiger partial charge in [-0.05, 0) is 67.1 Å². The highest BCUT2D eigenvalue weighted by molar-refractivity contribution is 8.03. The molecule has 0 unspecified atom stereocenters. The number of thioether (sulfide) groups is 3. The Labute approximate surface area is 418 Å². The average molecular weight is 946 g/mol. The van der Waals surface area contributed by atoms with E-state index >= 15 is 0 Å². The van der Waals surface area contributed by atoms with Crippen LogP contribution in [0.15, 0.2) is 26.8 Å². The van der Waals surface area contributed by atoms with Gasteiger partial charge >= 0.3 is 0 Å². The molecule has 378 valence electrons. The second kappa shape index (κ2) is 52.6. The Bertz CT molecular complexity index is 979. The van der Waals surface area contributed by atoms with E-state index in [0.29, 0.717) is 0 Å². The van der Waals surface area contributed by atoms with E-state index < -0.39 is 0 Å². The van der Waals surface area contributed by atoms with E-state index in [4.69, 9.17) is 0 Å². The quantitative estimate of drug-likeness (QED) is 0.0472. The molecule has 0 radical (unpaired) electrons. The van der Waals surface area contributed by atoms with Gasteiger partial charge in [-0.15, -0.1) is 35.3 Å². The van der Waals surface area contributed by atoms with Crippen LogP contribution >= 0.6 is 35.3 Å². The van der Waals surface area contributed by atoms with Gasteiger partial charge in [0, 0.05) is 14.7 Å². The first-order valence-electron chi connectivity index (χ1n) is 29.8. The molecule has 0 bridgehead atoms. The maximum Gasteiger partial charge on any atom is 0.0344 e. The maximum absolute atomic E-state index is 2.64. The zero-order valence-corrected chi connectivity index (χ0v) is 46.9. The summed E-state index contributed by atoms with van der Waals surface area (Å²) in [6.45, 7) is 9.32. The van der Waals surface area contributed by atoms with Gasteiger partial charge in [-0.1, -0.05) is 304 Å². The smallest absolute Gasteiger partial charge is 0.0344 e. The molecule has 0 aliphatic carbocycles. The minimum atomic E-state index is 1.25. The molecule has 0 aliphatic rings. The molecule has 0 amide bonds. The highest BCUT2D eigenvalue weighted by atomic mass is 32.2. The lowest BCUT2D eigenvalue weighted by molar-refractivity contribution is 0.535. The van der Waals surface area contributed by atoms with Crippen molar-refractivity contribution in [2.24, 2.45) is 0 Å². The van der Waals surface area contributed by atoms with Gasteiger partial charge in [0.2, 0.25) is 0 Å². The van der Waals surface area contributed by atoms with Crippen LogP contribution in [0.25, 0.3) is 0 Å². The van der Waals surface area contributed by atoms with E-state index in [0.717, 1.165) is 0 Å². The predicted molar refractivity (Wildman–Crippen MR) is 302 cm³/mol. The Hall–Kier alpha value is 0.270. The molecule has 0 heterocycles. The van der Waals surface area contributed by atoms with E-state index in [9.17, 15) is 0 Å². The van der Waals surface area contributed by atoms with E-state index in [2.05, 4.69) is 75.1 Å². The van der Waals surface area contributed by atoms with Crippen molar-refractivity contribution in [3.63, 3.8) is 0 Å². The molecular formula is C61H116S3. The summed E-state index contributed by atoms with van der Waals surface area (Å²) in [7, 11) is 0. The lowest BCUT2D eigenvalue weighted by atomic mass is 10.0. The molecule has 0 N–H and O–H groups in total. The van der Waals surface area contributed by atoms with Crippen LogP contribution in [-0.4, -0.2) is 17.3 Å². The Morgan fingerprint density at radius 3 is 0.672 bits per heavy atom. The lowest BCUT2D eigenvalue weighted by Gasteiger charge is -2.17. The summed E-state index contributed by atoms with van der Waals surface area (Å²) in [5.41, 5.74) is 1.61. The summed E-state index contributed by atoms with van der Waals surface area (Å²) >= 11 is 6.65. The molecule has 0 fully saturated rings. The second-order valence-corrected chi connectivity index (χ2v) is 23.8. The third-order valence-electron chi connectivity index (χ3n) is 13.9. The fourth-order valence-corrected chi connectivity index (χ4v) is 13.3. The third-order valence-corrected chi connectivity index (χ3v) is 17.6. The number of hydrogen-bond donors (Lipinski definition) is 0. The number of hydrogen-bond acceptors (Lipinski definition) is 3. The van der Waals surface area contributed by atoms with Crippen LogP contribution in [0.1, 0.15) is 335 Å². The van der Waals surface area contributed by atoms with Gasteiger partial charge < -0.3 is 0 Å². The van der Waals surface area contributed by atoms with Gasteiger partial charge in [-0.3, -0.25) is 0 Å². The first-order chi connectivity index (χ1) is 31.8.